The molecule has 0 saturated carbocycles. The number of aromatic nitrogens is 1. The van der Waals surface area contributed by atoms with E-state index in [-0.39, 0.29) is 28.6 Å². The lowest BCUT2D eigenvalue weighted by atomic mass is 9.93. The van der Waals surface area contributed by atoms with Crippen molar-refractivity contribution in [3.63, 3.8) is 0 Å². The van der Waals surface area contributed by atoms with Crippen molar-refractivity contribution in [2.24, 2.45) is 0 Å². The Balaban J connectivity index is 1.95. The molecule has 2 heterocycles. The summed E-state index contributed by atoms with van der Waals surface area (Å²) in [6.45, 7) is 0. The number of carbonyl (C=O) groups excluding carboxylic acids is 1. The molecule has 30 heavy (non-hydrogen) atoms. The lowest BCUT2D eigenvalue weighted by molar-refractivity contribution is -0.140. The van der Waals surface area contributed by atoms with Gasteiger partial charge in [0.25, 0.3) is 0 Å². The van der Waals surface area contributed by atoms with Gasteiger partial charge in [-0.15, -0.1) is 11.8 Å². The zero-order valence-electron chi connectivity index (χ0n) is 15.8. The summed E-state index contributed by atoms with van der Waals surface area (Å²) in [7, 11) is 1.23. The van der Waals surface area contributed by atoms with Crippen LogP contribution in [0, 0.1) is 11.6 Å². The Morgan fingerprint density at radius 1 is 1.30 bits per heavy atom. The highest BCUT2D eigenvalue weighted by molar-refractivity contribution is 7.98. The molecular formula is C21H17F2NO5S. The molecule has 0 bridgehead atoms. The smallest absolute Gasteiger partial charge is 0.306 e. The minimum atomic E-state index is -0.814. The third-order valence-electron chi connectivity index (χ3n) is 4.27. The Morgan fingerprint density at radius 2 is 2.10 bits per heavy atom. The van der Waals surface area contributed by atoms with Crippen molar-refractivity contribution < 1.29 is 27.8 Å². The number of carbonyl (C=O) groups is 1. The number of aromatic hydroxyl groups is 1. The van der Waals surface area contributed by atoms with Gasteiger partial charge in [0.15, 0.2) is 5.76 Å². The van der Waals surface area contributed by atoms with E-state index in [1.54, 1.807) is 18.3 Å². The van der Waals surface area contributed by atoms with Crippen LogP contribution in [0.5, 0.6) is 5.75 Å². The van der Waals surface area contributed by atoms with Gasteiger partial charge in [0.1, 0.15) is 17.4 Å². The molecule has 0 aliphatic carbocycles. The lowest BCUT2D eigenvalue weighted by Crippen LogP contribution is -2.14. The predicted molar refractivity (Wildman–Crippen MR) is 105 cm³/mol. The minimum Gasteiger partial charge on any atom is -0.502 e. The molecule has 1 aromatic carbocycles. The molecule has 0 amide bonds. The number of nitrogens with zero attached hydrogens (tertiary/aromatic N) is 1. The third-order valence-corrected chi connectivity index (χ3v) is 5.34. The molecule has 0 saturated heterocycles. The van der Waals surface area contributed by atoms with Gasteiger partial charge in [-0.3, -0.25) is 14.6 Å². The standard InChI is InChI=1S/C21H17F2NO5S/c1-28-19(26)9-15(12-3-2-6-24-10-12)21-20(27)17(25)8-14(29-21)11-30-18-5-4-13(22)7-16(18)23/h2-8,10,15,27H,9,11H2,1H3/t15-/m0/s1. The van der Waals surface area contributed by atoms with Crippen LogP contribution in [-0.2, 0) is 15.3 Å². The summed E-state index contributed by atoms with van der Waals surface area (Å²) >= 11 is 0.998. The summed E-state index contributed by atoms with van der Waals surface area (Å²) in [5.74, 6) is -3.36. The molecule has 1 N–H and O–H groups in total. The van der Waals surface area contributed by atoms with E-state index in [0.29, 0.717) is 5.56 Å². The first kappa shape index (κ1) is 21.5. The number of thioether (sulfide) groups is 1. The predicted octanol–water partition coefficient (Wildman–Crippen LogP) is 4.01. The number of hydrogen-bond donors (Lipinski definition) is 1. The van der Waals surface area contributed by atoms with E-state index in [2.05, 4.69) is 4.98 Å². The van der Waals surface area contributed by atoms with Crippen molar-refractivity contribution in [2.75, 3.05) is 7.11 Å². The number of hydrogen-bond acceptors (Lipinski definition) is 7. The fourth-order valence-corrected chi connectivity index (χ4v) is 3.60. The minimum absolute atomic E-state index is 0.0447. The van der Waals surface area contributed by atoms with Crippen LogP contribution < -0.4 is 5.43 Å². The average molecular weight is 433 g/mol. The van der Waals surface area contributed by atoms with Crippen LogP contribution in [0.4, 0.5) is 8.78 Å². The Bertz CT molecular complexity index is 1100. The van der Waals surface area contributed by atoms with Crippen molar-refractivity contribution in [3.8, 4) is 5.75 Å². The first-order valence-electron chi connectivity index (χ1n) is 8.79. The van der Waals surface area contributed by atoms with Crippen molar-refractivity contribution >= 4 is 17.7 Å². The second-order valence-corrected chi connectivity index (χ2v) is 7.29. The molecule has 1 atom stereocenters. The molecule has 2 aromatic heterocycles. The lowest BCUT2D eigenvalue weighted by Gasteiger charge is -2.17. The Morgan fingerprint density at radius 3 is 2.77 bits per heavy atom. The van der Waals surface area contributed by atoms with Gasteiger partial charge in [-0.25, -0.2) is 8.78 Å². The van der Waals surface area contributed by atoms with Gasteiger partial charge in [-0.05, 0) is 23.8 Å². The number of pyridine rings is 1. The van der Waals surface area contributed by atoms with E-state index in [9.17, 15) is 23.5 Å². The normalized spacial score (nSPS) is 11.8. The zero-order chi connectivity index (χ0) is 21.7. The Kier molecular flexibility index (Phi) is 6.83. The molecule has 9 heteroatoms. The van der Waals surface area contributed by atoms with Crippen molar-refractivity contribution in [2.45, 2.75) is 23.0 Å². The van der Waals surface area contributed by atoms with Gasteiger partial charge in [-0.2, -0.15) is 0 Å². The summed E-state index contributed by atoms with van der Waals surface area (Å²) in [5, 5.41) is 10.3. The van der Waals surface area contributed by atoms with Crippen LogP contribution >= 0.6 is 11.8 Å². The van der Waals surface area contributed by atoms with Crippen LogP contribution in [0.2, 0.25) is 0 Å². The number of ether oxygens (including phenoxy) is 1. The van der Waals surface area contributed by atoms with Crippen LogP contribution in [0.3, 0.4) is 0 Å². The maximum Gasteiger partial charge on any atom is 0.306 e. The maximum absolute atomic E-state index is 13.9. The molecule has 0 fully saturated rings. The summed E-state index contributed by atoms with van der Waals surface area (Å²) < 4.78 is 37.4. The van der Waals surface area contributed by atoms with Crippen LogP contribution in [0.25, 0.3) is 0 Å². The SMILES string of the molecule is COC(=O)C[C@@H](c1cccnc1)c1oc(CSc2ccc(F)cc2F)cc(=O)c1O. The highest BCUT2D eigenvalue weighted by atomic mass is 32.2. The molecule has 0 aliphatic rings. The molecule has 3 rings (SSSR count). The fourth-order valence-electron chi connectivity index (χ4n) is 2.80. The third kappa shape index (κ3) is 5.04. The molecule has 0 aliphatic heterocycles. The van der Waals surface area contributed by atoms with Crippen molar-refractivity contribution in [3.05, 3.63) is 87.7 Å². The summed E-state index contributed by atoms with van der Waals surface area (Å²) in [4.78, 5) is 28.4. The first-order chi connectivity index (χ1) is 14.4. The van der Waals surface area contributed by atoms with Crippen molar-refractivity contribution in [1.29, 1.82) is 0 Å². The van der Waals surface area contributed by atoms with Gasteiger partial charge in [0.2, 0.25) is 11.2 Å². The Hall–Kier alpha value is -3.20. The second kappa shape index (κ2) is 9.53. The zero-order valence-corrected chi connectivity index (χ0v) is 16.6. The highest BCUT2D eigenvalue weighted by Gasteiger charge is 2.26. The molecule has 156 valence electrons. The molecule has 6 nitrogen and oxygen atoms in total. The summed E-state index contributed by atoms with van der Waals surface area (Å²) in [6.07, 6.45) is 2.84. The summed E-state index contributed by atoms with van der Waals surface area (Å²) in [5.41, 5.74) is -0.166. The van der Waals surface area contributed by atoms with E-state index in [1.165, 1.54) is 19.4 Å². The molecule has 0 radical (unpaired) electrons. The van der Waals surface area contributed by atoms with Gasteiger partial charge in [-0.1, -0.05) is 6.07 Å². The van der Waals surface area contributed by atoms with Crippen LogP contribution in [0.15, 0.2) is 62.9 Å². The van der Waals surface area contributed by atoms with E-state index in [4.69, 9.17) is 9.15 Å². The Labute approximate surface area is 174 Å². The molecular weight excluding hydrogens is 416 g/mol. The highest BCUT2D eigenvalue weighted by Crippen LogP contribution is 2.34. The van der Waals surface area contributed by atoms with Gasteiger partial charge in [0, 0.05) is 29.4 Å². The van der Waals surface area contributed by atoms with Gasteiger partial charge in [0.05, 0.1) is 25.2 Å². The molecule has 0 unspecified atom stereocenters. The van der Waals surface area contributed by atoms with E-state index in [0.717, 1.165) is 30.0 Å². The largest absolute Gasteiger partial charge is 0.502 e. The van der Waals surface area contributed by atoms with E-state index in [1.807, 2.05) is 0 Å². The average Bonchev–Trinajstić information content (AvgIpc) is 2.74. The first-order valence-corrected chi connectivity index (χ1v) is 9.78. The number of rotatable bonds is 7. The van der Waals surface area contributed by atoms with Gasteiger partial charge >= 0.3 is 5.97 Å². The summed E-state index contributed by atoms with van der Waals surface area (Å²) in [6, 6.07) is 7.57. The molecule has 0 spiro atoms. The fraction of sp³-hybridized carbons (Fsp3) is 0.190. The quantitative estimate of drug-likeness (QED) is 0.445. The number of benzene rings is 1. The maximum atomic E-state index is 13.9. The monoisotopic (exact) mass is 433 g/mol. The molecule has 3 aromatic rings. The van der Waals surface area contributed by atoms with Crippen LogP contribution in [0.1, 0.15) is 29.4 Å². The van der Waals surface area contributed by atoms with Crippen molar-refractivity contribution in [1.82, 2.24) is 4.98 Å². The van der Waals surface area contributed by atoms with E-state index >= 15 is 0 Å². The second-order valence-electron chi connectivity index (χ2n) is 6.27. The number of esters is 1. The van der Waals surface area contributed by atoms with Gasteiger partial charge < -0.3 is 14.3 Å². The van der Waals surface area contributed by atoms with E-state index < -0.39 is 34.7 Å². The number of halogens is 2. The topological polar surface area (TPSA) is 89.6 Å². The number of methoxy groups -OCH3 is 1. The van der Waals surface area contributed by atoms with Crippen LogP contribution in [-0.4, -0.2) is 23.2 Å².